The van der Waals surface area contributed by atoms with E-state index in [1.54, 1.807) is 0 Å². The van der Waals surface area contributed by atoms with Gasteiger partial charge in [-0.25, -0.2) is 0 Å². The normalized spacial score (nSPS) is 10.5. The molecule has 26 heavy (non-hydrogen) atoms. The van der Waals surface area contributed by atoms with Crippen LogP contribution in [0.25, 0.3) is 0 Å². The van der Waals surface area contributed by atoms with Gasteiger partial charge in [0.05, 0.1) is 10.5 Å². The molecular weight excluding hydrogens is 330 g/mol. The average Bonchev–Trinajstić information content (AvgIpc) is 2.67. The van der Waals surface area contributed by atoms with Gasteiger partial charge in [0.2, 0.25) is 0 Å². The summed E-state index contributed by atoms with van der Waals surface area (Å²) in [4.78, 5) is 22.5. The Morgan fingerprint density at radius 1 is 0.923 bits per heavy atom. The zero-order chi connectivity index (χ0) is 18.5. The first-order valence-corrected chi connectivity index (χ1v) is 8.12. The maximum atomic E-state index is 12.0. The Morgan fingerprint density at radius 2 is 1.46 bits per heavy atom. The Hall–Kier alpha value is -3.47. The number of benzene rings is 3. The molecule has 0 aliphatic heterocycles. The molecule has 0 aliphatic rings. The Kier molecular flexibility index (Phi) is 5.08. The van der Waals surface area contributed by atoms with E-state index in [-0.39, 0.29) is 17.0 Å². The molecule has 0 bridgehead atoms. The fraction of sp³-hybridized carbons (Fsp3) is 0.0952. The van der Waals surface area contributed by atoms with Gasteiger partial charge in [-0.05, 0) is 24.1 Å². The molecular formula is C21H17NO4. The van der Waals surface area contributed by atoms with Gasteiger partial charge in [0.15, 0.2) is 5.78 Å². The number of carbonyl (C=O) groups is 1. The van der Waals surface area contributed by atoms with Crippen molar-refractivity contribution in [2.45, 2.75) is 13.0 Å². The number of rotatable bonds is 6. The van der Waals surface area contributed by atoms with Gasteiger partial charge in [-0.15, -0.1) is 0 Å². The van der Waals surface area contributed by atoms with Crippen LogP contribution in [0.5, 0.6) is 5.75 Å². The third-order valence-corrected chi connectivity index (χ3v) is 4.00. The van der Waals surface area contributed by atoms with Gasteiger partial charge in [-0.2, -0.15) is 0 Å². The van der Waals surface area contributed by atoms with E-state index in [0.717, 1.165) is 11.1 Å². The highest BCUT2D eigenvalue weighted by Crippen LogP contribution is 2.32. The quantitative estimate of drug-likeness (QED) is 0.359. The summed E-state index contributed by atoms with van der Waals surface area (Å²) in [5.74, 6) is 0.0318. The molecule has 0 spiro atoms. The van der Waals surface area contributed by atoms with Crippen LogP contribution in [0.3, 0.4) is 0 Å². The second kappa shape index (κ2) is 7.61. The van der Waals surface area contributed by atoms with E-state index in [0.29, 0.717) is 5.75 Å². The molecule has 3 aromatic carbocycles. The lowest BCUT2D eigenvalue weighted by molar-refractivity contribution is -0.384. The van der Waals surface area contributed by atoms with Crippen molar-refractivity contribution in [2.75, 3.05) is 0 Å². The van der Waals surface area contributed by atoms with Gasteiger partial charge in [-0.1, -0.05) is 60.7 Å². The zero-order valence-electron chi connectivity index (χ0n) is 14.2. The lowest BCUT2D eigenvalue weighted by Crippen LogP contribution is -2.11. The highest BCUT2D eigenvalue weighted by molar-refractivity contribution is 5.97. The van der Waals surface area contributed by atoms with Crippen molar-refractivity contribution in [1.29, 1.82) is 0 Å². The summed E-state index contributed by atoms with van der Waals surface area (Å²) in [5, 5.41) is 11.0. The number of hydrogen-bond donors (Lipinski definition) is 0. The Morgan fingerprint density at radius 3 is 1.92 bits per heavy atom. The predicted molar refractivity (Wildman–Crippen MR) is 98.5 cm³/mol. The molecule has 0 aromatic heterocycles. The zero-order valence-corrected chi connectivity index (χ0v) is 14.2. The van der Waals surface area contributed by atoms with Crippen LogP contribution in [-0.2, 0) is 0 Å². The molecule has 130 valence electrons. The van der Waals surface area contributed by atoms with E-state index in [2.05, 4.69) is 0 Å². The van der Waals surface area contributed by atoms with E-state index < -0.39 is 11.0 Å². The third kappa shape index (κ3) is 3.78. The summed E-state index contributed by atoms with van der Waals surface area (Å²) in [5.41, 5.74) is 1.90. The molecule has 0 amide bonds. The lowest BCUT2D eigenvalue weighted by Gasteiger charge is -2.21. The van der Waals surface area contributed by atoms with E-state index in [4.69, 9.17) is 4.74 Å². The van der Waals surface area contributed by atoms with Gasteiger partial charge in [0.25, 0.3) is 5.69 Å². The first-order chi connectivity index (χ1) is 12.6. The molecule has 0 N–H and O–H groups in total. The van der Waals surface area contributed by atoms with E-state index in [9.17, 15) is 14.9 Å². The molecule has 0 saturated heterocycles. The molecule has 0 saturated carbocycles. The number of ether oxygens (including phenoxy) is 1. The fourth-order valence-corrected chi connectivity index (χ4v) is 2.72. The summed E-state index contributed by atoms with van der Waals surface area (Å²) in [6.07, 6.45) is -0.433. The number of non-ortho nitro benzene ring substituents is 1. The van der Waals surface area contributed by atoms with Crippen LogP contribution in [0, 0.1) is 10.1 Å². The van der Waals surface area contributed by atoms with Crippen molar-refractivity contribution in [3.63, 3.8) is 0 Å². The van der Waals surface area contributed by atoms with Crippen LogP contribution in [0.4, 0.5) is 5.69 Å². The maximum Gasteiger partial charge on any atom is 0.270 e. The number of ketones is 1. The number of nitro benzene ring substituents is 1. The molecule has 0 radical (unpaired) electrons. The molecule has 0 unspecified atom stereocenters. The Balaban J connectivity index is 2.05. The van der Waals surface area contributed by atoms with Crippen molar-refractivity contribution >= 4 is 11.5 Å². The first kappa shape index (κ1) is 17.4. The monoisotopic (exact) mass is 347 g/mol. The third-order valence-electron chi connectivity index (χ3n) is 4.00. The minimum absolute atomic E-state index is 0.140. The summed E-state index contributed by atoms with van der Waals surface area (Å²) >= 11 is 0. The van der Waals surface area contributed by atoms with Gasteiger partial charge < -0.3 is 4.74 Å². The van der Waals surface area contributed by atoms with Crippen LogP contribution >= 0.6 is 0 Å². The molecule has 3 rings (SSSR count). The molecule has 0 aliphatic carbocycles. The van der Waals surface area contributed by atoms with Crippen molar-refractivity contribution in [1.82, 2.24) is 0 Å². The summed E-state index contributed by atoms with van der Waals surface area (Å²) in [6, 6.07) is 23.3. The summed E-state index contributed by atoms with van der Waals surface area (Å²) in [7, 11) is 0. The molecule has 0 fully saturated rings. The lowest BCUT2D eigenvalue weighted by atomic mass is 10.0. The SMILES string of the molecule is CC(=O)c1cc([N+](=O)[O-])ccc1OC(c1ccccc1)c1ccccc1. The fourth-order valence-electron chi connectivity index (χ4n) is 2.72. The number of nitro groups is 1. The van der Waals surface area contributed by atoms with Crippen molar-refractivity contribution in [3.8, 4) is 5.75 Å². The molecule has 0 atom stereocenters. The predicted octanol–water partition coefficient (Wildman–Crippen LogP) is 4.97. The minimum atomic E-state index is -0.526. The first-order valence-electron chi connectivity index (χ1n) is 8.12. The van der Waals surface area contributed by atoms with Crippen molar-refractivity contribution in [3.05, 3.63) is 106 Å². The van der Waals surface area contributed by atoms with Crippen molar-refractivity contribution < 1.29 is 14.5 Å². The average molecular weight is 347 g/mol. The maximum absolute atomic E-state index is 12.0. The van der Waals surface area contributed by atoms with Crippen LogP contribution in [0.1, 0.15) is 34.5 Å². The number of carbonyl (C=O) groups excluding carboxylic acids is 1. The van der Waals surface area contributed by atoms with Crippen LogP contribution in [0.2, 0.25) is 0 Å². The molecule has 3 aromatic rings. The van der Waals surface area contributed by atoms with Gasteiger partial charge in [0, 0.05) is 12.1 Å². The molecule has 5 heteroatoms. The topological polar surface area (TPSA) is 69.4 Å². The largest absolute Gasteiger partial charge is 0.480 e. The van der Waals surface area contributed by atoms with E-state index >= 15 is 0 Å². The van der Waals surface area contributed by atoms with Crippen LogP contribution in [0.15, 0.2) is 78.9 Å². The smallest absolute Gasteiger partial charge is 0.270 e. The van der Waals surface area contributed by atoms with E-state index in [1.807, 2.05) is 60.7 Å². The van der Waals surface area contributed by atoms with Crippen molar-refractivity contribution in [2.24, 2.45) is 0 Å². The minimum Gasteiger partial charge on any atom is -0.480 e. The van der Waals surface area contributed by atoms with Gasteiger partial charge in [-0.3, -0.25) is 14.9 Å². The Bertz CT molecular complexity index is 884. The second-order valence-electron chi connectivity index (χ2n) is 5.81. The Labute approximate surface area is 151 Å². The van der Waals surface area contributed by atoms with Gasteiger partial charge >= 0.3 is 0 Å². The van der Waals surface area contributed by atoms with Crippen LogP contribution in [-0.4, -0.2) is 10.7 Å². The number of hydrogen-bond acceptors (Lipinski definition) is 4. The number of nitrogens with zero attached hydrogens (tertiary/aromatic N) is 1. The molecule has 5 nitrogen and oxygen atoms in total. The van der Waals surface area contributed by atoms with Crippen LogP contribution < -0.4 is 4.74 Å². The highest BCUT2D eigenvalue weighted by Gasteiger charge is 2.21. The standard InChI is InChI=1S/C21H17NO4/c1-15(23)19-14-18(22(24)25)12-13-20(19)26-21(16-8-4-2-5-9-16)17-10-6-3-7-11-17/h2-14,21H,1H3. The van der Waals surface area contributed by atoms with E-state index in [1.165, 1.54) is 25.1 Å². The molecule has 0 heterocycles. The highest BCUT2D eigenvalue weighted by atomic mass is 16.6. The summed E-state index contributed by atoms with van der Waals surface area (Å²) in [6.45, 7) is 1.37. The second-order valence-corrected chi connectivity index (χ2v) is 5.81. The van der Waals surface area contributed by atoms with Gasteiger partial charge in [0.1, 0.15) is 11.9 Å². The summed E-state index contributed by atoms with van der Waals surface area (Å²) < 4.78 is 6.17. The number of Topliss-reactive ketones (excluding diaryl/α,β-unsaturated/α-hetero) is 1.